The molecule has 3 rings (SSSR count). The van der Waals surface area contributed by atoms with Gasteiger partial charge in [-0.1, -0.05) is 37.0 Å². The number of benzene rings is 2. The molecule has 0 radical (unpaired) electrons. The Morgan fingerprint density at radius 1 is 1.40 bits per heavy atom. The number of nitrogens with one attached hydrogen (secondary N) is 2. The first-order valence-corrected chi connectivity index (χ1v) is 9.93. The van der Waals surface area contributed by atoms with E-state index in [0.29, 0.717) is 28.7 Å². The van der Waals surface area contributed by atoms with Gasteiger partial charge in [-0.25, -0.2) is 14.9 Å². The summed E-state index contributed by atoms with van der Waals surface area (Å²) in [6.07, 6.45) is 1.56. The van der Waals surface area contributed by atoms with Crippen LogP contribution in [0.1, 0.15) is 24.2 Å². The summed E-state index contributed by atoms with van der Waals surface area (Å²) in [6.45, 7) is 4.34. The third-order valence-corrected chi connectivity index (χ3v) is 4.72. The first kappa shape index (κ1) is 22.1. The quantitative estimate of drug-likeness (QED) is 0.288. The average Bonchev–Trinajstić information content (AvgIpc) is 3.08. The molecule has 0 spiro atoms. The van der Waals surface area contributed by atoms with Gasteiger partial charge in [0.2, 0.25) is 0 Å². The second-order valence-corrected chi connectivity index (χ2v) is 7.79. The van der Waals surface area contributed by atoms with Gasteiger partial charge in [0, 0.05) is 6.54 Å². The molecule has 1 amide bonds. The molecule has 30 heavy (non-hydrogen) atoms. The van der Waals surface area contributed by atoms with Gasteiger partial charge in [-0.05, 0) is 24.1 Å². The molecule has 1 aromatic heterocycles. The Kier molecular flexibility index (Phi) is 6.97. The number of aliphatic hydroxyl groups is 1. The molecule has 158 valence electrons. The number of hydrogen-bond acceptors (Lipinski definition) is 5. The molecule has 1 heterocycles. The monoisotopic (exact) mass is 432 g/mol. The van der Waals surface area contributed by atoms with Gasteiger partial charge in [-0.15, -0.1) is 0 Å². The van der Waals surface area contributed by atoms with Crippen molar-refractivity contribution >= 4 is 53.2 Å². The number of aliphatic hydroxyl groups excluding tert-OH is 1. The minimum atomic E-state index is -0.668. The maximum atomic E-state index is 15.5. The molecule has 3 N–H and O–H groups in total. The van der Waals surface area contributed by atoms with Gasteiger partial charge in [0.15, 0.2) is 5.82 Å². The fourth-order valence-electron chi connectivity index (χ4n) is 3.07. The van der Waals surface area contributed by atoms with Gasteiger partial charge in [0.1, 0.15) is 13.4 Å². The molecule has 0 fully saturated rings. The molecule has 0 saturated carbocycles. The van der Waals surface area contributed by atoms with E-state index in [9.17, 15) is 4.79 Å². The summed E-state index contributed by atoms with van der Waals surface area (Å²) >= 11 is 6.29. The number of rotatable bonds is 8. The van der Waals surface area contributed by atoms with Crippen LogP contribution < -0.4 is 16.3 Å². The second-order valence-electron chi connectivity index (χ2n) is 7.38. The number of hydrogen-bond donors (Lipinski definition) is 3. The van der Waals surface area contributed by atoms with E-state index in [1.54, 1.807) is 29.1 Å². The van der Waals surface area contributed by atoms with Gasteiger partial charge in [0.25, 0.3) is 5.91 Å². The van der Waals surface area contributed by atoms with E-state index < -0.39 is 11.7 Å². The van der Waals surface area contributed by atoms with Crippen molar-refractivity contribution in [2.75, 3.05) is 18.5 Å². The number of hydroxylamine groups is 1. The molecule has 0 atom stereocenters. The highest BCUT2D eigenvalue weighted by molar-refractivity contribution is 6.37. The SMILES string of the molecule is Bc1ccc(Nc2c(C(=O)NOCCO)cc3c(ncn3CC(C)C)c2F)c(Cl)c1. The third kappa shape index (κ3) is 4.75. The van der Waals surface area contributed by atoms with Gasteiger partial charge < -0.3 is 15.0 Å². The van der Waals surface area contributed by atoms with Gasteiger partial charge in [-0.2, -0.15) is 0 Å². The summed E-state index contributed by atoms with van der Waals surface area (Å²) in [4.78, 5) is 21.9. The average molecular weight is 433 g/mol. The molecule has 0 saturated heterocycles. The highest BCUT2D eigenvalue weighted by Gasteiger charge is 2.23. The summed E-state index contributed by atoms with van der Waals surface area (Å²) in [5.74, 6) is -1.02. The summed E-state index contributed by atoms with van der Waals surface area (Å²) in [5.41, 5.74) is 4.23. The van der Waals surface area contributed by atoms with E-state index in [0.717, 1.165) is 5.46 Å². The molecule has 7 nitrogen and oxygen atoms in total. The number of fused-ring (bicyclic) bond motifs is 1. The number of nitrogens with zero attached hydrogens (tertiary/aromatic N) is 2. The zero-order valence-electron chi connectivity index (χ0n) is 17.0. The second kappa shape index (κ2) is 9.46. The van der Waals surface area contributed by atoms with Crippen molar-refractivity contribution in [2.24, 2.45) is 5.92 Å². The van der Waals surface area contributed by atoms with E-state index in [4.69, 9.17) is 21.5 Å². The molecule has 0 aliphatic heterocycles. The van der Waals surface area contributed by atoms with E-state index >= 15 is 4.39 Å². The zero-order chi connectivity index (χ0) is 21.8. The van der Waals surface area contributed by atoms with Crippen LogP contribution in [0.15, 0.2) is 30.6 Å². The molecule has 0 unspecified atom stereocenters. The highest BCUT2D eigenvalue weighted by Crippen LogP contribution is 2.33. The minimum Gasteiger partial charge on any atom is -0.394 e. The van der Waals surface area contributed by atoms with Crippen LogP contribution >= 0.6 is 11.6 Å². The number of anilines is 2. The molecule has 2 aromatic carbocycles. The van der Waals surface area contributed by atoms with E-state index in [1.807, 2.05) is 27.8 Å². The van der Waals surface area contributed by atoms with Crippen LogP contribution in [0.2, 0.25) is 5.02 Å². The number of halogens is 2. The van der Waals surface area contributed by atoms with Gasteiger partial charge >= 0.3 is 0 Å². The summed E-state index contributed by atoms with van der Waals surface area (Å²) in [6, 6.07) is 6.84. The Morgan fingerprint density at radius 3 is 2.83 bits per heavy atom. The smallest absolute Gasteiger partial charge is 0.277 e. The first-order chi connectivity index (χ1) is 14.3. The Bertz CT molecular complexity index is 1070. The molecule has 0 bridgehead atoms. The van der Waals surface area contributed by atoms with E-state index in [-0.39, 0.29) is 30.0 Å². The number of imidazole rings is 1. The predicted octanol–water partition coefficient (Wildman–Crippen LogP) is 2.14. The molecular formula is C20H23BClFN4O3. The Balaban J connectivity index is 2.11. The molecule has 0 aliphatic carbocycles. The van der Waals surface area contributed by atoms with E-state index in [1.165, 1.54) is 0 Å². The van der Waals surface area contributed by atoms with Crippen LogP contribution in [0.5, 0.6) is 0 Å². The number of aromatic nitrogens is 2. The van der Waals surface area contributed by atoms with Crippen molar-refractivity contribution < 1.29 is 19.1 Å². The molecule has 10 heteroatoms. The standard InChI is InChI=1S/C20H23BClFN4O3/c1-11(2)9-27-10-24-19-16(27)8-13(20(29)26-30-6-5-28)18(17(19)23)25-15-4-3-12(21)7-14(15)22/h3-4,7-8,10-11,25,28H,5-6,9,21H2,1-2H3,(H,26,29). The minimum absolute atomic E-state index is 0.0279. The van der Waals surface area contributed by atoms with Crippen molar-refractivity contribution in [1.29, 1.82) is 0 Å². The lowest BCUT2D eigenvalue weighted by Gasteiger charge is -2.16. The largest absolute Gasteiger partial charge is 0.394 e. The van der Waals surface area contributed by atoms with Crippen LogP contribution in [-0.2, 0) is 11.4 Å². The fraction of sp³-hybridized carbons (Fsp3) is 0.300. The molecule has 3 aromatic rings. The third-order valence-electron chi connectivity index (χ3n) is 4.41. The van der Waals surface area contributed by atoms with Crippen molar-refractivity contribution in [3.8, 4) is 0 Å². The van der Waals surface area contributed by atoms with Crippen LogP contribution in [0.3, 0.4) is 0 Å². The van der Waals surface area contributed by atoms with Gasteiger partial charge in [0.05, 0.1) is 47.0 Å². The predicted molar refractivity (Wildman–Crippen MR) is 118 cm³/mol. The van der Waals surface area contributed by atoms with Crippen molar-refractivity contribution in [3.05, 3.63) is 47.0 Å². The summed E-state index contributed by atoms with van der Waals surface area (Å²) in [5, 5.41) is 12.2. The Morgan fingerprint density at radius 2 is 2.17 bits per heavy atom. The Labute approximate surface area is 179 Å². The Hall–Kier alpha value is -2.62. The highest BCUT2D eigenvalue weighted by atomic mass is 35.5. The van der Waals surface area contributed by atoms with Crippen molar-refractivity contribution in [3.63, 3.8) is 0 Å². The van der Waals surface area contributed by atoms with Crippen LogP contribution in [0.25, 0.3) is 11.0 Å². The summed E-state index contributed by atoms with van der Waals surface area (Å²) in [7, 11) is 1.89. The van der Waals surface area contributed by atoms with Crippen molar-refractivity contribution in [1.82, 2.24) is 15.0 Å². The lowest BCUT2D eigenvalue weighted by atomic mass is 9.96. The number of carbonyl (C=O) groups is 1. The van der Waals surface area contributed by atoms with Crippen molar-refractivity contribution in [2.45, 2.75) is 20.4 Å². The molecule has 0 aliphatic rings. The maximum absolute atomic E-state index is 15.5. The van der Waals surface area contributed by atoms with Crippen LogP contribution in [0.4, 0.5) is 15.8 Å². The topological polar surface area (TPSA) is 88.4 Å². The molecular weight excluding hydrogens is 410 g/mol. The van der Waals surface area contributed by atoms with Gasteiger partial charge in [-0.3, -0.25) is 9.63 Å². The first-order valence-electron chi connectivity index (χ1n) is 9.55. The lowest BCUT2D eigenvalue weighted by molar-refractivity contribution is 0.0169. The number of amides is 1. The fourth-order valence-corrected chi connectivity index (χ4v) is 3.35. The lowest BCUT2D eigenvalue weighted by Crippen LogP contribution is -2.26. The zero-order valence-corrected chi connectivity index (χ0v) is 17.8. The number of carbonyl (C=O) groups excluding carboxylic acids is 1. The van der Waals surface area contributed by atoms with E-state index in [2.05, 4.69) is 15.8 Å². The normalized spacial score (nSPS) is 11.3. The summed E-state index contributed by atoms with van der Waals surface area (Å²) < 4.78 is 17.3. The van der Waals surface area contributed by atoms with Crippen LogP contribution in [0, 0.1) is 11.7 Å². The van der Waals surface area contributed by atoms with Crippen LogP contribution in [-0.4, -0.2) is 41.6 Å². The maximum Gasteiger partial charge on any atom is 0.277 e.